The van der Waals surface area contributed by atoms with Gasteiger partial charge in [0.1, 0.15) is 0 Å². The summed E-state index contributed by atoms with van der Waals surface area (Å²) in [5.41, 5.74) is 1.25. The molecule has 0 radical (unpaired) electrons. The van der Waals surface area contributed by atoms with E-state index in [1.165, 1.54) is 5.56 Å². The largest absolute Gasteiger partial charge is 0.385 e. The van der Waals surface area contributed by atoms with Crippen LogP contribution in [-0.2, 0) is 9.47 Å². The average Bonchev–Trinajstić information content (AvgIpc) is 3.06. The van der Waals surface area contributed by atoms with E-state index in [-0.39, 0.29) is 6.10 Å². The molecule has 1 aliphatic heterocycles. The summed E-state index contributed by atoms with van der Waals surface area (Å²) in [7, 11) is 1.73. The molecule has 0 aliphatic carbocycles. The number of hydrogen-bond acceptors (Lipinski definition) is 3. The predicted molar refractivity (Wildman–Crippen MR) is 93.7 cm³/mol. The van der Waals surface area contributed by atoms with Crippen LogP contribution in [0.3, 0.4) is 0 Å². The number of nitrogens with one attached hydrogen (secondary N) is 2. The first kappa shape index (κ1) is 17.8. The minimum Gasteiger partial charge on any atom is -0.385 e. The zero-order valence-corrected chi connectivity index (χ0v) is 14.3. The van der Waals surface area contributed by atoms with Gasteiger partial charge < -0.3 is 20.1 Å². The Kier molecular flexibility index (Phi) is 7.90. The molecule has 23 heavy (non-hydrogen) atoms. The van der Waals surface area contributed by atoms with Crippen molar-refractivity contribution >= 4 is 5.96 Å². The summed E-state index contributed by atoms with van der Waals surface area (Å²) in [4.78, 5) is 4.74. The summed E-state index contributed by atoms with van der Waals surface area (Å²) in [6, 6.07) is 10.5. The lowest BCUT2D eigenvalue weighted by Crippen LogP contribution is -2.38. The highest BCUT2D eigenvalue weighted by atomic mass is 16.5. The summed E-state index contributed by atoms with van der Waals surface area (Å²) < 4.78 is 11.0. The summed E-state index contributed by atoms with van der Waals surface area (Å²) >= 11 is 0. The molecule has 1 fully saturated rings. The topological polar surface area (TPSA) is 54.9 Å². The Morgan fingerprint density at radius 3 is 2.87 bits per heavy atom. The standard InChI is InChI=1S/C18H29N3O2/c1-3-19-18(20-11-7-12-22-2)21-14-16-10-13-23-17(16)15-8-5-4-6-9-15/h4-6,8-9,16-17H,3,7,10-14H2,1-2H3,(H2,19,20,21). The molecule has 2 unspecified atom stereocenters. The molecule has 1 aromatic rings. The number of hydrogen-bond donors (Lipinski definition) is 2. The van der Waals surface area contributed by atoms with Crippen LogP contribution < -0.4 is 10.6 Å². The molecule has 5 heteroatoms. The first-order valence-corrected chi connectivity index (χ1v) is 8.52. The number of methoxy groups -OCH3 is 1. The van der Waals surface area contributed by atoms with E-state index >= 15 is 0 Å². The maximum absolute atomic E-state index is 5.93. The second-order valence-electron chi connectivity index (χ2n) is 5.74. The maximum atomic E-state index is 5.93. The van der Waals surface area contributed by atoms with E-state index in [0.29, 0.717) is 5.92 Å². The van der Waals surface area contributed by atoms with Gasteiger partial charge in [-0.2, -0.15) is 0 Å². The second-order valence-corrected chi connectivity index (χ2v) is 5.74. The van der Waals surface area contributed by atoms with Crippen molar-refractivity contribution < 1.29 is 9.47 Å². The van der Waals surface area contributed by atoms with Crippen molar-refractivity contribution in [3.05, 3.63) is 35.9 Å². The van der Waals surface area contributed by atoms with Gasteiger partial charge in [0.05, 0.1) is 6.10 Å². The highest BCUT2D eigenvalue weighted by Crippen LogP contribution is 2.34. The summed E-state index contributed by atoms with van der Waals surface area (Å²) in [6.45, 7) is 6.16. The van der Waals surface area contributed by atoms with Crippen LogP contribution in [0, 0.1) is 5.92 Å². The van der Waals surface area contributed by atoms with Crippen LogP contribution in [-0.4, -0.2) is 45.9 Å². The Morgan fingerprint density at radius 1 is 1.30 bits per heavy atom. The first-order valence-electron chi connectivity index (χ1n) is 8.52. The number of nitrogens with zero attached hydrogens (tertiary/aromatic N) is 1. The van der Waals surface area contributed by atoms with Gasteiger partial charge in [-0.25, -0.2) is 0 Å². The number of rotatable bonds is 8. The lowest BCUT2D eigenvalue weighted by molar-refractivity contribution is 0.0925. The molecule has 0 saturated carbocycles. The monoisotopic (exact) mass is 319 g/mol. The number of aliphatic imine (C=N–C) groups is 1. The van der Waals surface area contributed by atoms with Gasteiger partial charge in [-0.05, 0) is 25.3 Å². The summed E-state index contributed by atoms with van der Waals surface area (Å²) in [5.74, 6) is 1.31. The van der Waals surface area contributed by atoms with Crippen LogP contribution in [0.4, 0.5) is 0 Å². The Hall–Kier alpha value is -1.59. The van der Waals surface area contributed by atoms with E-state index < -0.39 is 0 Å². The molecule has 1 saturated heterocycles. The molecule has 2 N–H and O–H groups in total. The lowest BCUT2D eigenvalue weighted by Gasteiger charge is -2.18. The van der Waals surface area contributed by atoms with E-state index in [2.05, 4.69) is 41.8 Å². The molecule has 0 bridgehead atoms. The van der Waals surface area contributed by atoms with E-state index in [4.69, 9.17) is 14.5 Å². The van der Waals surface area contributed by atoms with Crippen LogP contribution in [0.2, 0.25) is 0 Å². The molecule has 5 nitrogen and oxygen atoms in total. The Balaban J connectivity index is 1.89. The van der Waals surface area contributed by atoms with Crippen LogP contribution in [0.5, 0.6) is 0 Å². The van der Waals surface area contributed by atoms with Crippen molar-refractivity contribution in [2.45, 2.75) is 25.9 Å². The van der Waals surface area contributed by atoms with Crippen molar-refractivity contribution in [3.8, 4) is 0 Å². The summed E-state index contributed by atoms with van der Waals surface area (Å²) in [6.07, 6.45) is 2.20. The van der Waals surface area contributed by atoms with Gasteiger partial charge >= 0.3 is 0 Å². The molecular weight excluding hydrogens is 290 g/mol. The molecular formula is C18H29N3O2. The third-order valence-corrected chi connectivity index (χ3v) is 3.99. The molecule has 1 aromatic carbocycles. The molecule has 2 atom stereocenters. The quantitative estimate of drug-likeness (QED) is 0.439. The van der Waals surface area contributed by atoms with E-state index in [0.717, 1.165) is 51.6 Å². The number of ether oxygens (including phenoxy) is 2. The van der Waals surface area contributed by atoms with Gasteiger partial charge in [0.25, 0.3) is 0 Å². The fraction of sp³-hybridized carbons (Fsp3) is 0.611. The highest BCUT2D eigenvalue weighted by molar-refractivity contribution is 5.79. The number of benzene rings is 1. The van der Waals surface area contributed by atoms with Crippen molar-refractivity contribution in [3.63, 3.8) is 0 Å². The van der Waals surface area contributed by atoms with Gasteiger partial charge in [0, 0.05) is 45.9 Å². The molecule has 1 heterocycles. The zero-order chi connectivity index (χ0) is 16.3. The third kappa shape index (κ3) is 5.84. The lowest BCUT2D eigenvalue weighted by atomic mass is 9.95. The molecule has 0 aromatic heterocycles. The normalized spacial score (nSPS) is 21.4. The van der Waals surface area contributed by atoms with E-state index in [9.17, 15) is 0 Å². The molecule has 1 aliphatic rings. The van der Waals surface area contributed by atoms with Crippen molar-refractivity contribution in [2.75, 3.05) is 40.0 Å². The van der Waals surface area contributed by atoms with Crippen molar-refractivity contribution in [1.29, 1.82) is 0 Å². The second kappa shape index (κ2) is 10.2. The average molecular weight is 319 g/mol. The highest BCUT2D eigenvalue weighted by Gasteiger charge is 2.29. The SMILES string of the molecule is CCNC(=NCC1CCOC1c1ccccc1)NCCCOC. The first-order chi connectivity index (χ1) is 11.3. The third-order valence-electron chi connectivity index (χ3n) is 3.99. The molecule has 2 rings (SSSR count). The van der Waals surface area contributed by atoms with E-state index in [1.807, 2.05) is 6.07 Å². The zero-order valence-electron chi connectivity index (χ0n) is 14.3. The number of guanidine groups is 1. The van der Waals surface area contributed by atoms with Crippen LogP contribution in [0.25, 0.3) is 0 Å². The molecule has 0 spiro atoms. The minimum atomic E-state index is 0.163. The van der Waals surface area contributed by atoms with Gasteiger partial charge in [0.15, 0.2) is 5.96 Å². The Labute approximate surface area is 139 Å². The predicted octanol–water partition coefficient (Wildman–Crippen LogP) is 2.36. The van der Waals surface area contributed by atoms with Gasteiger partial charge in [0.2, 0.25) is 0 Å². The van der Waals surface area contributed by atoms with E-state index in [1.54, 1.807) is 7.11 Å². The fourth-order valence-corrected chi connectivity index (χ4v) is 2.81. The fourth-order valence-electron chi connectivity index (χ4n) is 2.81. The van der Waals surface area contributed by atoms with Crippen LogP contribution in [0.15, 0.2) is 35.3 Å². The Morgan fingerprint density at radius 2 is 2.13 bits per heavy atom. The maximum Gasteiger partial charge on any atom is 0.191 e. The smallest absolute Gasteiger partial charge is 0.191 e. The Bertz CT molecular complexity index is 465. The summed E-state index contributed by atoms with van der Waals surface area (Å²) in [5, 5.41) is 6.65. The van der Waals surface area contributed by atoms with Crippen molar-refractivity contribution in [1.82, 2.24) is 10.6 Å². The molecule has 0 amide bonds. The van der Waals surface area contributed by atoms with Crippen LogP contribution >= 0.6 is 0 Å². The minimum absolute atomic E-state index is 0.163. The van der Waals surface area contributed by atoms with Gasteiger partial charge in [-0.1, -0.05) is 30.3 Å². The van der Waals surface area contributed by atoms with Crippen molar-refractivity contribution in [2.24, 2.45) is 10.9 Å². The van der Waals surface area contributed by atoms with Gasteiger partial charge in [-0.15, -0.1) is 0 Å². The molecule has 128 valence electrons. The van der Waals surface area contributed by atoms with Gasteiger partial charge in [-0.3, -0.25) is 4.99 Å². The van der Waals surface area contributed by atoms with Crippen LogP contribution in [0.1, 0.15) is 31.4 Å².